The number of carbonyl (C=O) groups excluding carboxylic acids is 1. The van der Waals surface area contributed by atoms with Crippen LogP contribution in [0.25, 0.3) is 0 Å². The van der Waals surface area contributed by atoms with E-state index in [2.05, 4.69) is 13.8 Å². The van der Waals surface area contributed by atoms with Gasteiger partial charge in [-0.05, 0) is 37.3 Å². The normalized spacial score (nSPS) is 23.1. The molecule has 2 rings (SSSR count). The Kier molecular flexibility index (Phi) is 4.71. The number of hydrogen-bond acceptors (Lipinski definition) is 3. The molecule has 0 saturated carbocycles. The van der Waals surface area contributed by atoms with E-state index in [1.807, 2.05) is 6.92 Å². The summed E-state index contributed by atoms with van der Waals surface area (Å²) in [7, 11) is -3.55. The van der Waals surface area contributed by atoms with Crippen molar-refractivity contribution in [3.05, 3.63) is 29.8 Å². The van der Waals surface area contributed by atoms with Crippen molar-refractivity contribution in [2.24, 2.45) is 11.8 Å². The first-order chi connectivity index (χ1) is 9.78. The summed E-state index contributed by atoms with van der Waals surface area (Å²) in [4.78, 5) is 14.2. The van der Waals surface area contributed by atoms with E-state index < -0.39 is 15.6 Å². The summed E-state index contributed by atoms with van der Waals surface area (Å²) in [6.07, 6.45) is 1.09. The fourth-order valence-corrected chi connectivity index (χ4v) is 4.17. The van der Waals surface area contributed by atoms with E-state index in [1.165, 1.54) is 0 Å². The second kappa shape index (κ2) is 6.18. The predicted octanol–water partition coefficient (Wildman–Crippen LogP) is 2.27. The van der Waals surface area contributed by atoms with Crippen LogP contribution >= 0.6 is 0 Å². The zero-order valence-electron chi connectivity index (χ0n) is 12.9. The van der Waals surface area contributed by atoms with Crippen LogP contribution in [-0.2, 0) is 14.6 Å². The molecule has 1 aliphatic rings. The Balaban J connectivity index is 2.09. The lowest BCUT2D eigenvalue weighted by Crippen LogP contribution is -2.44. The van der Waals surface area contributed by atoms with Crippen LogP contribution in [0.3, 0.4) is 0 Å². The predicted molar refractivity (Wildman–Crippen MR) is 82.8 cm³/mol. The van der Waals surface area contributed by atoms with Gasteiger partial charge in [0, 0.05) is 13.1 Å². The second-order valence-electron chi connectivity index (χ2n) is 6.32. The number of likely N-dealkylation sites (tertiary alicyclic amines) is 1. The smallest absolute Gasteiger partial charge is 0.238 e. The Morgan fingerprint density at radius 1 is 1.14 bits per heavy atom. The van der Waals surface area contributed by atoms with Gasteiger partial charge in [0.05, 0.1) is 4.90 Å². The summed E-state index contributed by atoms with van der Waals surface area (Å²) in [5, 5.41) is 0. The number of aryl methyl sites for hydroxylation is 1. The quantitative estimate of drug-likeness (QED) is 0.860. The van der Waals surface area contributed by atoms with Crippen LogP contribution in [0.15, 0.2) is 29.2 Å². The molecule has 0 aliphatic carbocycles. The Hall–Kier alpha value is -1.36. The Labute approximate surface area is 127 Å². The molecule has 4 nitrogen and oxygen atoms in total. The maximum Gasteiger partial charge on any atom is 0.238 e. The van der Waals surface area contributed by atoms with Gasteiger partial charge in [0.25, 0.3) is 0 Å². The number of sulfone groups is 1. The van der Waals surface area contributed by atoms with Crippen molar-refractivity contribution in [1.82, 2.24) is 4.90 Å². The Morgan fingerprint density at radius 2 is 1.67 bits per heavy atom. The zero-order chi connectivity index (χ0) is 15.6. The molecule has 0 radical (unpaired) electrons. The molecule has 1 heterocycles. The minimum atomic E-state index is -3.55. The average Bonchev–Trinajstić information content (AvgIpc) is 2.37. The standard InChI is InChI=1S/C16H23NO3S/c1-12-4-6-15(7-5-12)21(19,20)11-16(18)17-9-13(2)8-14(3)10-17/h4-7,13-14H,8-11H2,1-3H3. The minimum absolute atomic E-state index is 0.222. The van der Waals surface area contributed by atoms with Crippen molar-refractivity contribution in [1.29, 1.82) is 0 Å². The van der Waals surface area contributed by atoms with E-state index in [1.54, 1.807) is 29.2 Å². The molecule has 0 spiro atoms. The molecule has 1 amide bonds. The Morgan fingerprint density at radius 3 is 2.19 bits per heavy atom. The van der Waals surface area contributed by atoms with Gasteiger partial charge >= 0.3 is 0 Å². The van der Waals surface area contributed by atoms with Crippen LogP contribution in [0.5, 0.6) is 0 Å². The zero-order valence-corrected chi connectivity index (χ0v) is 13.7. The largest absolute Gasteiger partial charge is 0.341 e. The summed E-state index contributed by atoms with van der Waals surface area (Å²) < 4.78 is 24.6. The molecule has 1 aromatic carbocycles. The maximum absolute atomic E-state index is 12.3. The van der Waals surface area contributed by atoms with E-state index >= 15 is 0 Å². The molecular weight excluding hydrogens is 286 g/mol. The van der Waals surface area contributed by atoms with Crippen LogP contribution in [-0.4, -0.2) is 38.1 Å². The van der Waals surface area contributed by atoms with Crippen LogP contribution in [0, 0.1) is 18.8 Å². The third kappa shape index (κ3) is 4.06. The third-order valence-electron chi connectivity index (χ3n) is 3.92. The van der Waals surface area contributed by atoms with E-state index in [-0.39, 0.29) is 10.8 Å². The minimum Gasteiger partial charge on any atom is -0.341 e. The van der Waals surface area contributed by atoms with Crippen LogP contribution in [0.4, 0.5) is 0 Å². The number of benzene rings is 1. The molecule has 116 valence electrons. The molecular formula is C16H23NO3S. The average molecular weight is 309 g/mol. The van der Waals surface area contributed by atoms with Gasteiger partial charge < -0.3 is 4.90 Å². The van der Waals surface area contributed by atoms with Gasteiger partial charge in [-0.3, -0.25) is 4.79 Å². The topological polar surface area (TPSA) is 54.5 Å². The number of carbonyl (C=O) groups is 1. The number of rotatable bonds is 3. The van der Waals surface area contributed by atoms with Gasteiger partial charge in [0.15, 0.2) is 9.84 Å². The third-order valence-corrected chi connectivity index (χ3v) is 5.53. The van der Waals surface area contributed by atoms with Crippen molar-refractivity contribution < 1.29 is 13.2 Å². The lowest BCUT2D eigenvalue weighted by Gasteiger charge is -2.35. The molecule has 1 aliphatic heterocycles. The number of nitrogens with zero attached hydrogens (tertiary/aromatic N) is 1. The SMILES string of the molecule is Cc1ccc(S(=O)(=O)CC(=O)N2CC(C)CC(C)C2)cc1. The van der Waals surface area contributed by atoms with Crippen LogP contribution in [0.2, 0.25) is 0 Å². The molecule has 2 atom stereocenters. The summed E-state index contributed by atoms with van der Waals surface area (Å²) in [5.41, 5.74) is 0.999. The van der Waals surface area contributed by atoms with E-state index in [0.717, 1.165) is 12.0 Å². The van der Waals surface area contributed by atoms with Gasteiger partial charge in [-0.2, -0.15) is 0 Å². The summed E-state index contributed by atoms with van der Waals surface area (Å²) in [5.74, 6) is 0.142. The van der Waals surface area contributed by atoms with E-state index in [9.17, 15) is 13.2 Å². The van der Waals surface area contributed by atoms with Crippen molar-refractivity contribution in [3.8, 4) is 0 Å². The summed E-state index contributed by atoms with van der Waals surface area (Å²) >= 11 is 0. The van der Waals surface area contributed by atoms with Gasteiger partial charge in [0.1, 0.15) is 5.75 Å². The molecule has 1 aromatic rings. The van der Waals surface area contributed by atoms with Gasteiger partial charge in [-0.1, -0.05) is 31.5 Å². The lowest BCUT2D eigenvalue weighted by atomic mass is 9.92. The first-order valence-electron chi connectivity index (χ1n) is 7.35. The molecule has 0 N–H and O–H groups in total. The highest BCUT2D eigenvalue weighted by Crippen LogP contribution is 2.22. The van der Waals surface area contributed by atoms with E-state index in [0.29, 0.717) is 24.9 Å². The lowest BCUT2D eigenvalue weighted by molar-refractivity contribution is -0.131. The summed E-state index contributed by atoms with van der Waals surface area (Å²) in [6, 6.07) is 6.64. The highest BCUT2D eigenvalue weighted by atomic mass is 32.2. The van der Waals surface area contributed by atoms with Crippen molar-refractivity contribution in [2.45, 2.75) is 32.1 Å². The first kappa shape index (κ1) is 16.0. The van der Waals surface area contributed by atoms with Gasteiger partial charge in [-0.15, -0.1) is 0 Å². The number of piperidine rings is 1. The molecule has 0 aromatic heterocycles. The van der Waals surface area contributed by atoms with Gasteiger partial charge in [-0.25, -0.2) is 8.42 Å². The molecule has 1 fully saturated rings. The molecule has 0 bridgehead atoms. The number of amides is 1. The molecule has 5 heteroatoms. The summed E-state index contributed by atoms with van der Waals surface area (Å²) in [6.45, 7) is 7.42. The van der Waals surface area contributed by atoms with Crippen LogP contribution < -0.4 is 0 Å². The molecule has 21 heavy (non-hydrogen) atoms. The van der Waals surface area contributed by atoms with Crippen molar-refractivity contribution >= 4 is 15.7 Å². The maximum atomic E-state index is 12.3. The Bertz CT molecular complexity index is 597. The van der Waals surface area contributed by atoms with Crippen molar-refractivity contribution in [2.75, 3.05) is 18.8 Å². The van der Waals surface area contributed by atoms with E-state index in [4.69, 9.17) is 0 Å². The monoisotopic (exact) mass is 309 g/mol. The highest BCUT2D eigenvalue weighted by Gasteiger charge is 2.28. The number of hydrogen-bond donors (Lipinski definition) is 0. The molecule has 2 unspecified atom stereocenters. The van der Waals surface area contributed by atoms with Crippen molar-refractivity contribution in [3.63, 3.8) is 0 Å². The highest BCUT2D eigenvalue weighted by molar-refractivity contribution is 7.92. The fraction of sp³-hybridized carbons (Fsp3) is 0.562. The van der Waals surface area contributed by atoms with Gasteiger partial charge in [0.2, 0.25) is 5.91 Å². The molecule has 1 saturated heterocycles. The first-order valence-corrected chi connectivity index (χ1v) is 9.00. The fourth-order valence-electron chi connectivity index (χ4n) is 2.95. The second-order valence-corrected chi connectivity index (χ2v) is 8.31. The van der Waals surface area contributed by atoms with Crippen LogP contribution in [0.1, 0.15) is 25.8 Å².